The summed E-state index contributed by atoms with van der Waals surface area (Å²) in [5.41, 5.74) is 1.04. The zero-order chi connectivity index (χ0) is 7.24. The summed E-state index contributed by atoms with van der Waals surface area (Å²) in [7, 11) is 0. The first-order chi connectivity index (χ1) is 5.93. The summed E-state index contributed by atoms with van der Waals surface area (Å²) >= 11 is 0. The summed E-state index contributed by atoms with van der Waals surface area (Å²) in [4.78, 5) is 0. The molecule has 5 aliphatic rings. The summed E-state index contributed by atoms with van der Waals surface area (Å²) in [6.45, 7) is 0. The molecule has 62 valence electrons. The molecule has 0 heteroatoms. The van der Waals surface area contributed by atoms with Gasteiger partial charge in [-0.1, -0.05) is 0 Å². The SMILES string of the molecule is C1C2C3C4CC5C(C14)C51CC3C21. The second-order valence-electron chi connectivity index (χ2n) is 6.68. The molecule has 9 unspecified atom stereocenters. The van der Waals surface area contributed by atoms with Crippen molar-refractivity contribution in [1.82, 2.24) is 0 Å². The van der Waals surface area contributed by atoms with E-state index in [-0.39, 0.29) is 0 Å². The van der Waals surface area contributed by atoms with Gasteiger partial charge in [-0.05, 0) is 72.0 Å². The third-order valence-electron chi connectivity index (χ3n) is 7.33. The lowest BCUT2D eigenvalue weighted by Gasteiger charge is -2.64. The van der Waals surface area contributed by atoms with Gasteiger partial charge in [-0.25, -0.2) is 0 Å². The van der Waals surface area contributed by atoms with Crippen molar-refractivity contribution in [3.05, 3.63) is 0 Å². The van der Waals surface area contributed by atoms with Crippen LogP contribution in [0, 0.1) is 52.8 Å². The molecule has 5 fully saturated rings. The molecule has 0 radical (unpaired) electrons. The van der Waals surface area contributed by atoms with Gasteiger partial charge in [0, 0.05) is 0 Å². The highest BCUT2D eigenvalue weighted by molar-refractivity contribution is 5.39. The van der Waals surface area contributed by atoms with Crippen LogP contribution in [0.15, 0.2) is 0 Å². The second-order valence-corrected chi connectivity index (χ2v) is 6.68. The third kappa shape index (κ3) is 0.218. The highest BCUT2D eigenvalue weighted by atomic mass is 15.0. The first kappa shape index (κ1) is 5.02. The third-order valence-corrected chi connectivity index (χ3v) is 7.33. The quantitative estimate of drug-likeness (QED) is 0.474. The van der Waals surface area contributed by atoms with Gasteiger partial charge in [0.15, 0.2) is 0 Å². The van der Waals surface area contributed by atoms with E-state index in [1.165, 1.54) is 47.3 Å². The molecule has 1 spiro atoms. The van der Waals surface area contributed by atoms with Crippen molar-refractivity contribution < 1.29 is 0 Å². The predicted molar refractivity (Wildman–Crippen MR) is 44.2 cm³/mol. The fourth-order valence-corrected chi connectivity index (χ4v) is 7.56. The lowest BCUT2D eigenvalue weighted by atomic mass is 9.41. The largest absolute Gasteiger partial charge is 0.0464 e. The highest BCUT2D eigenvalue weighted by Crippen LogP contribution is 2.97. The molecular weight excluding hydrogens is 144 g/mol. The van der Waals surface area contributed by atoms with Crippen molar-refractivity contribution in [3.8, 4) is 0 Å². The molecule has 9 atom stereocenters. The van der Waals surface area contributed by atoms with Crippen LogP contribution in [0.1, 0.15) is 19.3 Å². The number of fused-ring (bicyclic) bond motifs is 11. The Balaban J connectivity index is 1.81. The summed E-state index contributed by atoms with van der Waals surface area (Å²) < 4.78 is 0. The maximum Gasteiger partial charge on any atom is -0.0196 e. The Hall–Kier alpha value is 0. The van der Waals surface area contributed by atoms with E-state index in [4.69, 9.17) is 0 Å². The molecule has 0 heterocycles. The number of rotatable bonds is 0. The first-order valence-corrected chi connectivity index (χ1v) is 5.93. The fraction of sp³-hybridized carbons (Fsp3) is 1.00. The molecule has 0 bridgehead atoms. The highest BCUT2D eigenvalue weighted by Gasteiger charge is 2.92. The van der Waals surface area contributed by atoms with Gasteiger partial charge in [-0.15, -0.1) is 0 Å². The molecule has 0 nitrogen and oxygen atoms in total. The van der Waals surface area contributed by atoms with Crippen molar-refractivity contribution in [1.29, 1.82) is 0 Å². The van der Waals surface area contributed by atoms with Gasteiger partial charge in [0.25, 0.3) is 0 Å². The lowest BCUT2D eigenvalue weighted by molar-refractivity contribution is -0.163. The predicted octanol–water partition coefficient (Wildman–Crippen LogP) is 2.15. The van der Waals surface area contributed by atoms with Crippen LogP contribution < -0.4 is 0 Å². The van der Waals surface area contributed by atoms with Crippen LogP contribution in [0.5, 0.6) is 0 Å². The molecule has 12 heavy (non-hydrogen) atoms. The van der Waals surface area contributed by atoms with Gasteiger partial charge in [0.2, 0.25) is 0 Å². The molecule has 0 aromatic carbocycles. The molecule has 0 amide bonds. The van der Waals surface area contributed by atoms with Crippen molar-refractivity contribution in [2.24, 2.45) is 52.8 Å². The summed E-state index contributed by atoms with van der Waals surface area (Å²) in [6, 6.07) is 0. The topological polar surface area (TPSA) is 0 Å². The van der Waals surface area contributed by atoms with Gasteiger partial charge in [-0.3, -0.25) is 0 Å². The van der Waals surface area contributed by atoms with Gasteiger partial charge in [0.05, 0.1) is 0 Å². The summed E-state index contributed by atoms with van der Waals surface area (Å²) in [5.74, 6) is 10.3. The van der Waals surface area contributed by atoms with Crippen molar-refractivity contribution >= 4 is 0 Å². The van der Waals surface area contributed by atoms with Gasteiger partial charge < -0.3 is 0 Å². The summed E-state index contributed by atoms with van der Waals surface area (Å²) in [5, 5.41) is 0. The van der Waals surface area contributed by atoms with E-state index < -0.39 is 0 Å². The Bertz CT molecular complexity index is 313. The molecule has 0 N–H and O–H groups in total. The molecule has 5 aliphatic carbocycles. The van der Waals surface area contributed by atoms with Crippen LogP contribution in [0.25, 0.3) is 0 Å². The average Bonchev–Trinajstić information content (AvgIpc) is 2.50. The van der Waals surface area contributed by atoms with E-state index >= 15 is 0 Å². The van der Waals surface area contributed by atoms with Crippen molar-refractivity contribution in [2.75, 3.05) is 0 Å². The maximum absolute atomic E-state index is 1.71. The molecule has 5 saturated carbocycles. The van der Waals surface area contributed by atoms with E-state index in [0.717, 1.165) is 5.41 Å². The minimum atomic E-state index is 1.04. The van der Waals surface area contributed by atoms with E-state index in [2.05, 4.69) is 0 Å². The summed E-state index contributed by atoms with van der Waals surface area (Å²) in [6.07, 6.45) is 5.10. The standard InChI is InChI=1S/C12H14/c1-5-4-2-8-11(5)12(8)3-7-9(4)6(1)10(7)12/h4-11H,1-3H2. The first-order valence-electron chi connectivity index (χ1n) is 5.93. The van der Waals surface area contributed by atoms with Gasteiger partial charge in [-0.2, -0.15) is 0 Å². The Labute approximate surface area is 72.7 Å². The van der Waals surface area contributed by atoms with Gasteiger partial charge >= 0.3 is 0 Å². The molecular formula is C12H14. The Morgan fingerprint density at radius 3 is 2.83 bits per heavy atom. The maximum atomic E-state index is 1.71. The molecule has 0 aromatic rings. The minimum Gasteiger partial charge on any atom is -0.0464 e. The fourth-order valence-electron chi connectivity index (χ4n) is 7.56. The smallest absolute Gasteiger partial charge is 0.0196 e. The zero-order valence-corrected chi connectivity index (χ0v) is 7.24. The second kappa shape index (κ2) is 1.01. The van der Waals surface area contributed by atoms with E-state index in [1.807, 2.05) is 0 Å². The minimum absolute atomic E-state index is 1.04. The van der Waals surface area contributed by atoms with Crippen molar-refractivity contribution in [3.63, 3.8) is 0 Å². The van der Waals surface area contributed by atoms with Crippen LogP contribution in [-0.2, 0) is 0 Å². The van der Waals surface area contributed by atoms with E-state index in [1.54, 1.807) is 19.3 Å². The molecule has 0 aliphatic heterocycles. The molecule has 0 aromatic heterocycles. The number of hydrogen-bond donors (Lipinski definition) is 0. The van der Waals surface area contributed by atoms with E-state index in [9.17, 15) is 0 Å². The Morgan fingerprint density at radius 2 is 1.83 bits per heavy atom. The molecule has 5 rings (SSSR count). The van der Waals surface area contributed by atoms with Crippen LogP contribution in [-0.4, -0.2) is 0 Å². The van der Waals surface area contributed by atoms with Crippen molar-refractivity contribution in [2.45, 2.75) is 19.3 Å². The monoisotopic (exact) mass is 158 g/mol. The van der Waals surface area contributed by atoms with Crippen LogP contribution in [0.2, 0.25) is 0 Å². The lowest BCUT2D eigenvalue weighted by Crippen LogP contribution is -2.59. The Kier molecular flexibility index (Phi) is 0.423. The van der Waals surface area contributed by atoms with Crippen LogP contribution in [0.3, 0.4) is 0 Å². The zero-order valence-electron chi connectivity index (χ0n) is 7.24. The number of hydrogen-bond acceptors (Lipinski definition) is 0. The van der Waals surface area contributed by atoms with E-state index in [0.29, 0.717) is 0 Å². The van der Waals surface area contributed by atoms with Crippen LogP contribution >= 0.6 is 0 Å². The normalized spacial score (nSPS) is 94.0. The average molecular weight is 158 g/mol. The van der Waals surface area contributed by atoms with Crippen LogP contribution in [0.4, 0.5) is 0 Å². The Morgan fingerprint density at radius 1 is 0.833 bits per heavy atom. The molecule has 0 saturated heterocycles. The van der Waals surface area contributed by atoms with Gasteiger partial charge in [0.1, 0.15) is 0 Å².